The summed E-state index contributed by atoms with van der Waals surface area (Å²) in [4.78, 5) is 7.17. The van der Waals surface area contributed by atoms with Crippen LogP contribution >= 0.6 is 0 Å². The zero-order valence-corrected chi connectivity index (χ0v) is 40.7. The van der Waals surface area contributed by atoms with Crippen LogP contribution in [0.25, 0.3) is 60.5 Å². The van der Waals surface area contributed by atoms with Crippen LogP contribution in [0.4, 0.5) is 51.2 Å². The minimum atomic E-state index is 1.04. The van der Waals surface area contributed by atoms with Gasteiger partial charge in [-0.1, -0.05) is 188 Å². The number of benzene rings is 12. The standard InChI is InChI=1S/C70H50N4/c1-7-23-51(24-8-1)52-39-41-59(42-40-52)73(60-43-44-67-66-37-21-22-38-68(66)74(70(67)50-60)58-33-17-6-18-34-58)69-46-45-63(64-35-19-20-36-65(64)69)53-47-61(71(54-25-9-2-10-26-54)55-27-11-3-12-28-55)49-62(48-53)72(56-29-13-4-14-30-56)57-31-15-5-16-32-57/h1-50H. The van der Waals surface area contributed by atoms with Crippen molar-refractivity contribution in [1.29, 1.82) is 0 Å². The lowest BCUT2D eigenvalue weighted by atomic mass is 9.94. The molecule has 0 aliphatic rings. The summed E-state index contributed by atoms with van der Waals surface area (Å²) in [6.07, 6.45) is 0. The fraction of sp³-hybridized carbons (Fsp3) is 0. The van der Waals surface area contributed by atoms with Gasteiger partial charge in [-0.05, 0) is 143 Å². The van der Waals surface area contributed by atoms with E-state index in [1.54, 1.807) is 0 Å². The molecule has 0 radical (unpaired) electrons. The molecule has 0 N–H and O–H groups in total. The van der Waals surface area contributed by atoms with E-state index in [4.69, 9.17) is 0 Å². The molecule has 0 amide bonds. The van der Waals surface area contributed by atoms with Gasteiger partial charge in [-0.3, -0.25) is 0 Å². The van der Waals surface area contributed by atoms with E-state index in [0.29, 0.717) is 0 Å². The smallest absolute Gasteiger partial charge is 0.0561 e. The first-order valence-corrected chi connectivity index (χ1v) is 25.3. The average Bonchev–Trinajstić information content (AvgIpc) is 3.81. The van der Waals surface area contributed by atoms with Gasteiger partial charge < -0.3 is 19.3 Å². The number of para-hydroxylation sites is 6. The minimum absolute atomic E-state index is 1.04. The summed E-state index contributed by atoms with van der Waals surface area (Å²) in [5.41, 5.74) is 17.6. The quantitative estimate of drug-likeness (QED) is 0.121. The Morgan fingerprint density at radius 2 is 0.635 bits per heavy atom. The van der Waals surface area contributed by atoms with Crippen LogP contribution in [0.2, 0.25) is 0 Å². The van der Waals surface area contributed by atoms with Crippen molar-refractivity contribution in [3.8, 4) is 27.9 Å². The van der Waals surface area contributed by atoms with Gasteiger partial charge in [0.1, 0.15) is 0 Å². The van der Waals surface area contributed by atoms with E-state index >= 15 is 0 Å². The Bertz CT molecular complexity index is 3870. The van der Waals surface area contributed by atoms with Crippen LogP contribution in [0.15, 0.2) is 303 Å². The third-order valence-electron chi connectivity index (χ3n) is 14.1. The lowest BCUT2D eigenvalue weighted by molar-refractivity contribution is 1.18. The monoisotopic (exact) mass is 946 g/mol. The Labute approximate surface area is 432 Å². The van der Waals surface area contributed by atoms with Crippen molar-refractivity contribution in [2.24, 2.45) is 0 Å². The number of rotatable bonds is 12. The summed E-state index contributed by atoms with van der Waals surface area (Å²) < 4.78 is 2.40. The van der Waals surface area contributed by atoms with Gasteiger partial charge in [-0.25, -0.2) is 0 Å². The fourth-order valence-corrected chi connectivity index (χ4v) is 10.8. The summed E-state index contributed by atoms with van der Waals surface area (Å²) in [6, 6.07) is 109. The van der Waals surface area contributed by atoms with Gasteiger partial charge in [-0.2, -0.15) is 0 Å². The Balaban J connectivity index is 1.04. The highest BCUT2D eigenvalue weighted by molar-refractivity contribution is 6.12. The molecule has 350 valence electrons. The molecular formula is C70H50N4. The van der Waals surface area contributed by atoms with E-state index in [1.165, 1.54) is 27.4 Å². The second-order valence-corrected chi connectivity index (χ2v) is 18.6. The molecule has 0 saturated carbocycles. The summed E-state index contributed by atoms with van der Waals surface area (Å²) in [5, 5.41) is 4.72. The Kier molecular flexibility index (Phi) is 11.5. The second-order valence-electron chi connectivity index (χ2n) is 18.6. The van der Waals surface area contributed by atoms with Crippen LogP contribution in [0.3, 0.4) is 0 Å². The highest BCUT2D eigenvalue weighted by Crippen LogP contribution is 2.48. The molecule has 0 aliphatic heterocycles. The molecular weight excluding hydrogens is 897 g/mol. The molecule has 0 spiro atoms. The SMILES string of the molecule is c1ccc(-c2ccc(N(c3ccc4c5ccccc5n(-c5ccccc5)c4c3)c3ccc(-c4cc(N(c5ccccc5)c5ccccc5)cc(N(c5ccccc5)c5ccccc5)c4)c4ccccc34)cc2)cc1. The van der Waals surface area contributed by atoms with Crippen molar-refractivity contribution in [2.75, 3.05) is 14.7 Å². The van der Waals surface area contributed by atoms with Gasteiger partial charge in [0.25, 0.3) is 0 Å². The van der Waals surface area contributed by atoms with Gasteiger partial charge in [0.05, 0.1) is 16.7 Å². The molecule has 0 atom stereocenters. The van der Waals surface area contributed by atoms with Crippen LogP contribution in [0, 0.1) is 0 Å². The topological polar surface area (TPSA) is 14.7 Å². The van der Waals surface area contributed by atoms with E-state index < -0.39 is 0 Å². The Morgan fingerprint density at radius 3 is 1.19 bits per heavy atom. The zero-order valence-electron chi connectivity index (χ0n) is 40.7. The van der Waals surface area contributed by atoms with Crippen molar-refractivity contribution < 1.29 is 0 Å². The van der Waals surface area contributed by atoms with Crippen molar-refractivity contribution in [3.63, 3.8) is 0 Å². The maximum absolute atomic E-state index is 2.44. The summed E-state index contributed by atoms with van der Waals surface area (Å²) in [5.74, 6) is 0. The van der Waals surface area contributed by atoms with Crippen molar-refractivity contribution in [2.45, 2.75) is 0 Å². The molecule has 4 nitrogen and oxygen atoms in total. The molecule has 13 aromatic rings. The van der Waals surface area contributed by atoms with Crippen LogP contribution in [0.5, 0.6) is 0 Å². The number of hydrogen-bond acceptors (Lipinski definition) is 3. The average molecular weight is 947 g/mol. The number of aromatic nitrogens is 1. The lowest BCUT2D eigenvalue weighted by Crippen LogP contribution is -2.13. The first-order valence-electron chi connectivity index (χ1n) is 25.3. The number of anilines is 9. The number of fused-ring (bicyclic) bond motifs is 4. The third-order valence-corrected chi connectivity index (χ3v) is 14.1. The molecule has 1 heterocycles. The van der Waals surface area contributed by atoms with E-state index in [9.17, 15) is 0 Å². The predicted molar refractivity (Wildman–Crippen MR) is 313 cm³/mol. The normalized spacial score (nSPS) is 11.2. The molecule has 0 unspecified atom stereocenters. The molecule has 0 aliphatic carbocycles. The molecule has 4 heteroatoms. The van der Waals surface area contributed by atoms with Crippen molar-refractivity contribution in [3.05, 3.63) is 303 Å². The summed E-state index contributed by atoms with van der Waals surface area (Å²) in [6.45, 7) is 0. The van der Waals surface area contributed by atoms with E-state index in [2.05, 4.69) is 323 Å². The van der Waals surface area contributed by atoms with Gasteiger partial charge in [0.15, 0.2) is 0 Å². The molecule has 12 aromatic carbocycles. The van der Waals surface area contributed by atoms with Crippen LogP contribution in [-0.2, 0) is 0 Å². The fourth-order valence-electron chi connectivity index (χ4n) is 10.8. The highest BCUT2D eigenvalue weighted by Gasteiger charge is 2.23. The first kappa shape index (κ1) is 44.1. The maximum atomic E-state index is 2.44. The zero-order chi connectivity index (χ0) is 49.2. The third kappa shape index (κ3) is 8.20. The summed E-state index contributed by atoms with van der Waals surface area (Å²) in [7, 11) is 0. The molecule has 13 rings (SSSR count). The van der Waals surface area contributed by atoms with E-state index in [1.807, 2.05) is 0 Å². The first-order chi connectivity index (χ1) is 36.7. The molecule has 0 saturated heterocycles. The van der Waals surface area contributed by atoms with Crippen molar-refractivity contribution >= 4 is 83.8 Å². The van der Waals surface area contributed by atoms with Crippen LogP contribution < -0.4 is 14.7 Å². The van der Waals surface area contributed by atoms with Gasteiger partial charge in [0.2, 0.25) is 0 Å². The number of hydrogen-bond donors (Lipinski definition) is 0. The second kappa shape index (κ2) is 19.4. The van der Waals surface area contributed by atoms with Crippen LogP contribution in [0.1, 0.15) is 0 Å². The molecule has 1 aromatic heterocycles. The highest BCUT2D eigenvalue weighted by atomic mass is 15.2. The maximum Gasteiger partial charge on any atom is 0.0561 e. The lowest BCUT2D eigenvalue weighted by Gasteiger charge is -2.31. The Hall–Kier alpha value is -9.90. The van der Waals surface area contributed by atoms with Gasteiger partial charge >= 0.3 is 0 Å². The van der Waals surface area contributed by atoms with Crippen molar-refractivity contribution in [1.82, 2.24) is 4.57 Å². The largest absolute Gasteiger partial charge is 0.310 e. The molecule has 0 bridgehead atoms. The minimum Gasteiger partial charge on any atom is -0.310 e. The number of nitrogens with zero attached hydrogens (tertiary/aromatic N) is 4. The van der Waals surface area contributed by atoms with Gasteiger partial charge in [-0.15, -0.1) is 0 Å². The molecule has 74 heavy (non-hydrogen) atoms. The molecule has 0 fully saturated rings. The summed E-state index contributed by atoms with van der Waals surface area (Å²) >= 11 is 0. The Morgan fingerprint density at radius 1 is 0.216 bits per heavy atom. The van der Waals surface area contributed by atoms with Crippen LogP contribution in [-0.4, -0.2) is 4.57 Å². The predicted octanol–water partition coefficient (Wildman–Crippen LogP) is 19.7. The van der Waals surface area contributed by atoms with E-state index in [0.717, 1.165) is 84.3 Å². The van der Waals surface area contributed by atoms with E-state index in [-0.39, 0.29) is 0 Å². The van der Waals surface area contributed by atoms with Gasteiger partial charge in [0, 0.05) is 67.3 Å².